The SMILES string of the molecule is Cn1c(=O)c(C2CCNC2)cc2cccc(F)c21. The zero-order chi connectivity index (χ0) is 12.7. The summed E-state index contributed by atoms with van der Waals surface area (Å²) in [4.78, 5) is 12.3. The maximum absolute atomic E-state index is 13.8. The normalized spacial score (nSPS) is 19.6. The minimum absolute atomic E-state index is 0.0821. The predicted octanol–water partition coefficient (Wildman–Crippen LogP) is 1.75. The fraction of sp³-hybridized carbons (Fsp3) is 0.357. The Balaban J connectivity index is 2.29. The van der Waals surface area contributed by atoms with E-state index in [4.69, 9.17) is 0 Å². The van der Waals surface area contributed by atoms with Gasteiger partial charge in [-0.05, 0) is 25.1 Å². The van der Waals surface area contributed by atoms with Gasteiger partial charge >= 0.3 is 0 Å². The van der Waals surface area contributed by atoms with Crippen LogP contribution in [0.3, 0.4) is 0 Å². The molecule has 0 saturated carbocycles. The van der Waals surface area contributed by atoms with Crippen LogP contribution in [-0.2, 0) is 7.05 Å². The minimum atomic E-state index is -0.344. The van der Waals surface area contributed by atoms with Gasteiger partial charge in [-0.2, -0.15) is 0 Å². The lowest BCUT2D eigenvalue weighted by atomic mass is 9.98. The maximum atomic E-state index is 13.8. The molecule has 1 aromatic heterocycles. The molecule has 4 heteroatoms. The number of hydrogen-bond acceptors (Lipinski definition) is 2. The van der Waals surface area contributed by atoms with E-state index in [1.54, 1.807) is 13.1 Å². The Morgan fingerprint density at radius 2 is 2.28 bits per heavy atom. The molecule has 94 valence electrons. The van der Waals surface area contributed by atoms with Crippen LogP contribution < -0.4 is 10.9 Å². The van der Waals surface area contributed by atoms with Crippen LogP contribution in [0.5, 0.6) is 0 Å². The summed E-state index contributed by atoms with van der Waals surface area (Å²) in [5.41, 5.74) is 1.10. The number of pyridine rings is 1. The van der Waals surface area contributed by atoms with Crippen molar-refractivity contribution in [2.75, 3.05) is 13.1 Å². The van der Waals surface area contributed by atoms with Crippen molar-refractivity contribution in [1.82, 2.24) is 9.88 Å². The molecular formula is C14H15FN2O. The summed E-state index contributed by atoms with van der Waals surface area (Å²) >= 11 is 0. The Kier molecular flexibility index (Phi) is 2.67. The van der Waals surface area contributed by atoms with Gasteiger partial charge in [-0.1, -0.05) is 12.1 Å². The van der Waals surface area contributed by atoms with Gasteiger partial charge in [0.05, 0.1) is 5.52 Å². The first-order valence-corrected chi connectivity index (χ1v) is 6.17. The molecule has 3 nitrogen and oxygen atoms in total. The molecule has 18 heavy (non-hydrogen) atoms. The van der Waals surface area contributed by atoms with E-state index in [1.807, 2.05) is 12.1 Å². The molecule has 1 aliphatic rings. The van der Waals surface area contributed by atoms with Gasteiger partial charge in [-0.3, -0.25) is 4.79 Å². The molecule has 0 bridgehead atoms. The third-order valence-electron chi connectivity index (χ3n) is 3.72. The summed E-state index contributed by atoms with van der Waals surface area (Å²) in [6, 6.07) is 6.76. The van der Waals surface area contributed by atoms with Gasteiger partial charge < -0.3 is 9.88 Å². The van der Waals surface area contributed by atoms with Gasteiger partial charge in [0.1, 0.15) is 5.82 Å². The molecule has 1 N–H and O–H groups in total. The molecule has 2 heterocycles. The summed E-state index contributed by atoms with van der Waals surface area (Å²) in [7, 11) is 1.64. The number of halogens is 1. The highest BCUT2D eigenvalue weighted by atomic mass is 19.1. The molecule has 0 spiro atoms. The van der Waals surface area contributed by atoms with Crippen molar-refractivity contribution in [3.8, 4) is 0 Å². The van der Waals surface area contributed by atoms with Crippen LogP contribution in [-0.4, -0.2) is 17.7 Å². The monoisotopic (exact) mass is 246 g/mol. The standard InChI is InChI=1S/C14H15FN2O/c1-17-13-9(3-2-4-12(13)15)7-11(14(17)18)10-5-6-16-8-10/h2-4,7,10,16H,5-6,8H2,1H3. The zero-order valence-corrected chi connectivity index (χ0v) is 10.2. The van der Waals surface area contributed by atoms with E-state index in [1.165, 1.54) is 10.6 Å². The molecule has 0 radical (unpaired) electrons. The van der Waals surface area contributed by atoms with Crippen LogP contribution in [0.15, 0.2) is 29.1 Å². The molecule has 2 aromatic rings. The lowest BCUT2D eigenvalue weighted by Gasteiger charge is -2.13. The average Bonchev–Trinajstić information content (AvgIpc) is 2.87. The van der Waals surface area contributed by atoms with E-state index in [9.17, 15) is 9.18 Å². The number of aromatic nitrogens is 1. The van der Waals surface area contributed by atoms with E-state index in [-0.39, 0.29) is 17.3 Å². The second-order valence-corrected chi connectivity index (χ2v) is 4.83. The van der Waals surface area contributed by atoms with Crippen molar-refractivity contribution < 1.29 is 4.39 Å². The fourth-order valence-corrected chi connectivity index (χ4v) is 2.74. The smallest absolute Gasteiger partial charge is 0.254 e. The average molecular weight is 246 g/mol. The number of nitrogens with one attached hydrogen (secondary N) is 1. The first-order valence-electron chi connectivity index (χ1n) is 6.17. The topological polar surface area (TPSA) is 34.0 Å². The van der Waals surface area contributed by atoms with E-state index >= 15 is 0 Å². The molecule has 1 fully saturated rings. The number of nitrogens with zero attached hydrogens (tertiary/aromatic N) is 1. The van der Waals surface area contributed by atoms with Crippen LogP contribution >= 0.6 is 0 Å². The highest BCUT2D eigenvalue weighted by molar-refractivity contribution is 5.80. The summed E-state index contributed by atoms with van der Waals surface area (Å²) in [6.07, 6.45) is 0.968. The highest BCUT2D eigenvalue weighted by Crippen LogP contribution is 2.23. The van der Waals surface area contributed by atoms with Gasteiger partial charge in [-0.25, -0.2) is 4.39 Å². The van der Waals surface area contributed by atoms with Gasteiger partial charge in [-0.15, -0.1) is 0 Å². The Hall–Kier alpha value is -1.68. The molecule has 1 saturated heterocycles. The van der Waals surface area contributed by atoms with E-state index < -0.39 is 0 Å². The van der Waals surface area contributed by atoms with E-state index in [0.29, 0.717) is 5.52 Å². The lowest BCUT2D eigenvalue weighted by Crippen LogP contribution is -2.25. The van der Waals surface area contributed by atoms with Gasteiger partial charge in [0.25, 0.3) is 5.56 Å². The van der Waals surface area contributed by atoms with E-state index in [0.717, 1.165) is 30.5 Å². The fourth-order valence-electron chi connectivity index (χ4n) is 2.74. The number of para-hydroxylation sites is 1. The lowest BCUT2D eigenvalue weighted by molar-refractivity contribution is 0.627. The van der Waals surface area contributed by atoms with E-state index in [2.05, 4.69) is 5.32 Å². The zero-order valence-electron chi connectivity index (χ0n) is 10.2. The first kappa shape index (κ1) is 11.4. The molecule has 1 aliphatic heterocycles. The summed E-state index contributed by atoms with van der Waals surface area (Å²) < 4.78 is 15.2. The van der Waals surface area contributed by atoms with Crippen molar-refractivity contribution in [2.45, 2.75) is 12.3 Å². The highest BCUT2D eigenvalue weighted by Gasteiger charge is 2.21. The van der Waals surface area contributed by atoms with Gasteiger partial charge in [0.2, 0.25) is 0 Å². The Morgan fingerprint density at radius 3 is 3.00 bits per heavy atom. The van der Waals surface area contributed by atoms with Crippen molar-refractivity contribution in [2.24, 2.45) is 7.05 Å². The third-order valence-corrected chi connectivity index (χ3v) is 3.72. The van der Waals surface area contributed by atoms with Crippen molar-refractivity contribution in [3.63, 3.8) is 0 Å². The number of fused-ring (bicyclic) bond motifs is 1. The summed E-state index contributed by atoms with van der Waals surface area (Å²) in [5.74, 6) is -0.0976. The minimum Gasteiger partial charge on any atom is -0.316 e. The van der Waals surface area contributed by atoms with Crippen LogP contribution in [0.25, 0.3) is 10.9 Å². The maximum Gasteiger partial charge on any atom is 0.254 e. The molecule has 0 aliphatic carbocycles. The quantitative estimate of drug-likeness (QED) is 0.832. The van der Waals surface area contributed by atoms with Crippen LogP contribution in [0.2, 0.25) is 0 Å². The van der Waals surface area contributed by atoms with Crippen molar-refractivity contribution in [3.05, 3.63) is 46.0 Å². The summed E-state index contributed by atoms with van der Waals surface area (Å²) in [6.45, 7) is 1.77. The van der Waals surface area contributed by atoms with Crippen molar-refractivity contribution in [1.29, 1.82) is 0 Å². The predicted molar refractivity (Wildman–Crippen MR) is 69.4 cm³/mol. The Labute approximate surface area is 104 Å². The molecule has 3 rings (SSSR count). The van der Waals surface area contributed by atoms with Crippen LogP contribution in [0.1, 0.15) is 17.9 Å². The molecule has 1 aromatic carbocycles. The molecule has 0 amide bonds. The van der Waals surface area contributed by atoms with Crippen LogP contribution in [0.4, 0.5) is 4.39 Å². The van der Waals surface area contributed by atoms with Gasteiger partial charge in [0, 0.05) is 30.5 Å². The first-order chi connectivity index (χ1) is 8.68. The number of hydrogen-bond donors (Lipinski definition) is 1. The van der Waals surface area contributed by atoms with Gasteiger partial charge in [0.15, 0.2) is 0 Å². The Bertz CT molecular complexity index is 657. The number of rotatable bonds is 1. The summed E-state index contributed by atoms with van der Waals surface area (Å²) in [5, 5.41) is 4.05. The number of benzene rings is 1. The molecule has 1 atom stereocenters. The second-order valence-electron chi connectivity index (χ2n) is 4.83. The third kappa shape index (κ3) is 1.64. The number of aryl methyl sites for hydroxylation is 1. The van der Waals surface area contributed by atoms with Crippen LogP contribution in [0, 0.1) is 5.82 Å². The molecular weight excluding hydrogens is 231 g/mol. The Morgan fingerprint density at radius 1 is 1.44 bits per heavy atom. The molecule has 1 unspecified atom stereocenters. The van der Waals surface area contributed by atoms with Crippen molar-refractivity contribution >= 4 is 10.9 Å². The largest absolute Gasteiger partial charge is 0.316 e. The second kappa shape index (κ2) is 4.21.